The molecule has 0 unspecified atom stereocenters. The number of sulfonamides is 1. The molecule has 0 saturated carbocycles. The highest BCUT2D eigenvalue weighted by Crippen LogP contribution is 2.31. The van der Waals surface area contributed by atoms with Gasteiger partial charge in [0.1, 0.15) is 5.75 Å². The van der Waals surface area contributed by atoms with Crippen molar-refractivity contribution in [3.8, 4) is 17.2 Å². The number of nitrogens with zero attached hydrogens (tertiary/aromatic N) is 1. The Bertz CT molecular complexity index is 1250. The maximum atomic E-state index is 13.6. The first-order valence-electron chi connectivity index (χ1n) is 11.0. The van der Waals surface area contributed by atoms with Gasteiger partial charge in [0, 0.05) is 18.2 Å². The monoisotopic (exact) mass is 498 g/mol. The molecule has 0 aromatic heterocycles. The van der Waals surface area contributed by atoms with Crippen LogP contribution in [0.1, 0.15) is 24.1 Å². The van der Waals surface area contributed by atoms with Crippen molar-refractivity contribution in [1.29, 1.82) is 0 Å². The summed E-state index contributed by atoms with van der Waals surface area (Å²) in [6.45, 7) is 1.47. The molecule has 186 valence electrons. The number of amides is 1. The SMILES string of the molecule is COc1ccc(S(=O)(=O)N(CC(=O)N[C@@H](C)c2ccccc2OC)Cc2ccccc2)cc1OC. The largest absolute Gasteiger partial charge is 0.496 e. The van der Waals surface area contributed by atoms with Crippen molar-refractivity contribution < 1.29 is 27.4 Å². The number of methoxy groups -OCH3 is 3. The highest BCUT2D eigenvalue weighted by Gasteiger charge is 2.29. The molecule has 0 bridgehead atoms. The van der Waals surface area contributed by atoms with Gasteiger partial charge in [-0.15, -0.1) is 0 Å². The molecule has 0 saturated heterocycles. The maximum absolute atomic E-state index is 13.6. The van der Waals surface area contributed by atoms with E-state index in [-0.39, 0.29) is 29.8 Å². The van der Waals surface area contributed by atoms with Gasteiger partial charge in [0.15, 0.2) is 11.5 Å². The summed E-state index contributed by atoms with van der Waals surface area (Å²) in [5.74, 6) is 0.884. The third-order valence-electron chi connectivity index (χ3n) is 5.50. The fourth-order valence-electron chi connectivity index (χ4n) is 3.69. The van der Waals surface area contributed by atoms with Gasteiger partial charge in [0.2, 0.25) is 15.9 Å². The summed E-state index contributed by atoms with van der Waals surface area (Å²) in [4.78, 5) is 13.0. The van der Waals surface area contributed by atoms with Gasteiger partial charge < -0.3 is 19.5 Å². The molecule has 0 spiro atoms. The van der Waals surface area contributed by atoms with Crippen LogP contribution in [0.25, 0.3) is 0 Å². The van der Waals surface area contributed by atoms with Crippen molar-refractivity contribution >= 4 is 15.9 Å². The summed E-state index contributed by atoms with van der Waals surface area (Å²) < 4.78 is 44.3. The molecule has 0 aliphatic heterocycles. The van der Waals surface area contributed by atoms with E-state index >= 15 is 0 Å². The van der Waals surface area contributed by atoms with Crippen LogP contribution in [0.15, 0.2) is 77.7 Å². The summed E-state index contributed by atoms with van der Waals surface area (Å²) in [7, 11) is 0.414. The first-order chi connectivity index (χ1) is 16.8. The third kappa shape index (κ3) is 6.32. The fraction of sp³-hybridized carbons (Fsp3) is 0.269. The van der Waals surface area contributed by atoms with Gasteiger partial charge in [-0.3, -0.25) is 4.79 Å². The molecular weight excluding hydrogens is 468 g/mol. The standard InChI is InChI=1S/C26H30N2O6S/c1-19(22-12-8-9-13-23(22)32-2)27-26(29)18-28(17-20-10-6-5-7-11-20)35(30,31)21-14-15-24(33-3)25(16-21)34-4/h5-16,19H,17-18H2,1-4H3,(H,27,29)/t19-/m0/s1. The lowest BCUT2D eigenvalue weighted by Gasteiger charge is -2.24. The first kappa shape index (κ1) is 26.1. The normalized spacial score (nSPS) is 12.1. The zero-order chi connectivity index (χ0) is 25.4. The molecule has 0 aliphatic rings. The Morgan fingerprint density at radius 2 is 1.49 bits per heavy atom. The van der Waals surface area contributed by atoms with Gasteiger partial charge in [-0.05, 0) is 30.7 Å². The maximum Gasteiger partial charge on any atom is 0.243 e. The summed E-state index contributed by atoms with van der Waals surface area (Å²) in [6, 6.07) is 20.4. The number of rotatable bonds is 11. The molecule has 3 rings (SSSR count). The quantitative estimate of drug-likeness (QED) is 0.432. The second-order valence-corrected chi connectivity index (χ2v) is 9.74. The van der Waals surface area contributed by atoms with Gasteiger partial charge in [0.25, 0.3) is 0 Å². The Hall–Kier alpha value is -3.56. The average Bonchev–Trinajstić information content (AvgIpc) is 2.88. The van der Waals surface area contributed by atoms with Crippen LogP contribution in [-0.4, -0.2) is 46.5 Å². The van der Waals surface area contributed by atoms with Crippen LogP contribution in [0.2, 0.25) is 0 Å². The van der Waals surface area contributed by atoms with Crippen molar-refractivity contribution in [3.63, 3.8) is 0 Å². The Labute approximate surface area is 206 Å². The summed E-state index contributed by atoms with van der Waals surface area (Å²) in [5, 5.41) is 2.88. The van der Waals surface area contributed by atoms with Crippen molar-refractivity contribution in [2.75, 3.05) is 27.9 Å². The fourth-order valence-corrected chi connectivity index (χ4v) is 5.09. The lowest BCUT2D eigenvalue weighted by Crippen LogP contribution is -2.41. The minimum absolute atomic E-state index is 0.00309. The summed E-state index contributed by atoms with van der Waals surface area (Å²) >= 11 is 0. The van der Waals surface area contributed by atoms with E-state index in [1.807, 2.05) is 55.5 Å². The van der Waals surface area contributed by atoms with Crippen LogP contribution in [0.3, 0.4) is 0 Å². The molecule has 35 heavy (non-hydrogen) atoms. The molecular formula is C26H30N2O6S. The van der Waals surface area contributed by atoms with Crippen LogP contribution < -0.4 is 19.5 Å². The minimum Gasteiger partial charge on any atom is -0.496 e. The Kier molecular flexibility index (Phi) is 8.73. The van der Waals surface area contributed by atoms with Crippen LogP contribution in [0.5, 0.6) is 17.2 Å². The zero-order valence-electron chi connectivity index (χ0n) is 20.2. The van der Waals surface area contributed by atoms with Gasteiger partial charge in [-0.25, -0.2) is 8.42 Å². The van der Waals surface area contributed by atoms with Crippen LogP contribution >= 0.6 is 0 Å². The van der Waals surface area contributed by atoms with Crippen molar-refractivity contribution in [3.05, 3.63) is 83.9 Å². The molecule has 3 aromatic carbocycles. The smallest absolute Gasteiger partial charge is 0.243 e. The molecule has 1 atom stereocenters. The number of ether oxygens (including phenoxy) is 3. The highest BCUT2D eigenvalue weighted by atomic mass is 32.2. The lowest BCUT2D eigenvalue weighted by atomic mass is 10.1. The topological polar surface area (TPSA) is 94.2 Å². The van der Waals surface area contributed by atoms with Crippen LogP contribution in [0, 0.1) is 0 Å². The van der Waals surface area contributed by atoms with Crippen molar-refractivity contribution in [1.82, 2.24) is 9.62 Å². The summed E-state index contributed by atoms with van der Waals surface area (Å²) in [5.41, 5.74) is 1.54. The number of benzene rings is 3. The van der Waals surface area contributed by atoms with E-state index in [0.29, 0.717) is 11.5 Å². The number of carbonyl (C=O) groups excluding carboxylic acids is 1. The van der Waals surface area contributed by atoms with E-state index in [9.17, 15) is 13.2 Å². The van der Waals surface area contributed by atoms with Crippen LogP contribution in [0.4, 0.5) is 0 Å². The molecule has 8 nitrogen and oxygen atoms in total. The van der Waals surface area contributed by atoms with Crippen LogP contribution in [-0.2, 0) is 21.4 Å². The third-order valence-corrected chi connectivity index (χ3v) is 7.29. The molecule has 0 heterocycles. The molecule has 3 aromatic rings. The van der Waals surface area contributed by atoms with E-state index in [0.717, 1.165) is 15.4 Å². The first-order valence-corrected chi connectivity index (χ1v) is 12.4. The van der Waals surface area contributed by atoms with E-state index in [2.05, 4.69) is 5.32 Å². The predicted molar refractivity (Wildman–Crippen MR) is 133 cm³/mol. The molecule has 1 amide bonds. The Balaban J connectivity index is 1.89. The van der Waals surface area contributed by atoms with E-state index in [1.165, 1.54) is 32.4 Å². The summed E-state index contributed by atoms with van der Waals surface area (Å²) in [6.07, 6.45) is 0. The number of hydrogen-bond donors (Lipinski definition) is 1. The van der Waals surface area contributed by atoms with Crippen molar-refractivity contribution in [2.24, 2.45) is 0 Å². The highest BCUT2D eigenvalue weighted by molar-refractivity contribution is 7.89. The number of nitrogens with one attached hydrogen (secondary N) is 1. The Morgan fingerprint density at radius 3 is 2.14 bits per heavy atom. The molecule has 0 aliphatic carbocycles. The van der Waals surface area contributed by atoms with Gasteiger partial charge >= 0.3 is 0 Å². The van der Waals surface area contributed by atoms with E-state index in [4.69, 9.17) is 14.2 Å². The van der Waals surface area contributed by atoms with E-state index < -0.39 is 15.9 Å². The second-order valence-electron chi connectivity index (χ2n) is 7.81. The molecule has 0 radical (unpaired) electrons. The molecule has 1 N–H and O–H groups in total. The Morgan fingerprint density at radius 1 is 0.857 bits per heavy atom. The second kappa shape index (κ2) is 11.7. The van der Waals surface area contributed by atoms with Gasteiger partial charge in [-0.2, -0.15) is 4.31 Å². The van der Waals surface area contributed by atoms with Gasteiger partial charge in [-0.1, -0.05) is 48.5 Å². The number of hydrogen-bond acceptors (Lipinski definition) is 6. The van der Waals surface area contributed by atoms with E-state index in [1.54, 1.807) is 13.2 Å². The average molecular weight is 499 g/mol. The minimum atomic E-state index is -4.05. The molecule has 9 heteroatoms. The van der Waals surface area contributed by atoms with Gasteiger partial charge in [0.05, 0.1) is 38.8 Å². The lowest BCUT2D eigenvalue weighted by molar-refractivity contribution is -0.122. The predicted octanol–water partition coefficient (Wildman–Crippen LogP) is 3.78. The number of carbonyl (C=O) groups is 1. The molecule has 0 fully saturated rings. The number of para-hydroxylation sites is 1. The zero-order valence-corrected chi connectivity index (χ0v) is 21.0. The van der Waals surface area contributed by atoms with Crippen molar-refractivity contribution in [2.45, 2.75) is 24.4 Å².